The van der Waals surface area contributed by atoms with Gasteiger partial charge < -0.3 is 26.4 Å². The lowest BCUT2D eigenvalue weighted by molar-refractivity contribution is -0.870. The first-order chi connectivity index (χ1) is 9.45. The van der Waals surface area contributed by atoms with Crippen LogP contribution >= 0.6 is 0 Å². The van der Waals surface area contributed by atoms with Crippen molar-refractivity contribution in [3.05, 3.63) is 0 Å². The monoisotopic (exact) mass is 364 g/mol. The molecule has 3 heteroatoms. The summed E-state index contributed by atoms with van der Waals surface area (Å²) in [6.07, 6.45) is 14.0. The summed E-state index contributed by atoms with van der Waals surface area (Å²) in [6.45, 7) is 6.19. The third-order valence-corrected chi connectivity index (χ3v) is 4.01. The summed E-state index contributed by atoms with van der Waals surface area (Å²) in [6, 6.07) is 0. The van der Waals surface area contributed by atoms with E-state index in [1.54, 1.807) is 0 Å². The molecule has 0 spiro atoms. The third kappa shape index (κ3) is 20.4. The van der Waals surface area contributed by atoms with Crippen molar-refractivity contribution in [2.24, 2.45) is 0 Å². The number of unbranched alkanes of at least 4 members (excludes halogenated alkanes) is 8. The summed E-state index contributed by atoms with van der Waals surface area (Å²) in [5.41, 5.74) is 0. The van der Waals surface area contributed by atoms with E-state index in [0.29, 0.717) is 0 Å². The van der Waals surface area contributed by atoms with E-state index in [4.69, 9.17) is 0 Å². The minimum atomic E-state index is 0. The maximum atomic E-state index is 2.53. The lowest BCUT2D eigenvalue weighted by atomic mass is 10.1. The zero-order valence-electron chi connectivity index (χ0n) is 15.5. The van der Waals surface area contributed by atoms with Crippen molar-refractivity contribution in [1.29, 1.82) is 0 Å². The SMILES string of the molecule is CCCCCCCCN(C)CCCCCC[N+](C)(C)C.[Br-]. The average Bonchev–Trinajstić information content (AvgIpc) is 2.36. The zero-order valence-corrected chi connectivity index (χ0v) is 17.1. The van der Waals surface area contributed by atoms with E-state index in [-0.39, 0.29) is 17.0 Å². The predicted molar refractivity (Wildman–Crippen MR) is 92.2 cm³/mol. The van der Waals surface area contributed by atoms with Crippen molar-refractivity contribution in [2.75, 3.05) is 47.8 Å². The Kier molecular flexibility index (Phi) is 17.2. The van der Waals surface area contributed by atoms with Crippen LogP contribution in [0.3, 0.4) is 0 Å². The van der Waals surface area contributed by atoms with Gasteiger partial charge in [0.25, 0.3) is 0 Å². The van der Waals surface area contributed by atoms with Gasteiger partial charge in [-0.05, 0) is 45.8 Å². The number of rotatable bonds is 14. The first kappa shape index (κ1) is 23.7. The van der Waals surface area contributed by atoms with Crippen LogP contribution in [0.15, 0.2) is 0 Å². The van der Waals surface area contributed by atoms with Crippen LogP contribution in [0.5, 0.6) is 0 Å². The van der Waals surface area contributed by atoms with Crippen molar-refractivity contribution >= 4 is 0 Å². The molecule has 0 N–H and O–H groups in total. The van der Waals surface area contributed by atoms with Crippen molar-refractivity contribution in [3.8, 4) is 0 Å². The molecule has 0 rings (SSSR count). The lowest BCUT2D eigenvalue weighted by Gasteiger charge is -2.23. The second-order valence-electron chi connectivity index (χ2n) is 7.50. The summed E-state index contributed by atoms with van der Waals surface area (Å²) in [4.78, 5) is 2.53. The van der Waals surface area contributed by atoms with Crippen LogP contribution in [0.1, 0.15) is 71.1 Å². The molecule has 0 amide bonds. The van der Waals surface area contributed by atoms with E-state index in [2.05, 4.69) is 40.0 Å². The van der Waals surface area contributed by atoms with Crippen LogP contribution in [0.4, 0.5) is 0 Å². The smallest absolute Gasteiger partial charge is 0.0780 e. The molecular formula is C18H41BrN2. The fraction of sp³-hybridized carbons (Fsp3) is 1.00. The highest BCUT2D eigenvalue weighted by atomic mass is 79.9. The lowest BCUT2D eigenvalue weighted by Crippen LogP contribution is -3.00. The van der Waals surface area contributed by atoms with Gasteiger partial charge in [0.15, 0.2) is 0 Å². The molecule has 0 fully saturated rings. The molecule has 0 radical (unpaired) electrons. The average molecular weight is 365 g/mol. The fourth-order valence-electron chi connectivity index (χ4n) is 2.60. The molecule has 0 unspecified atom stereocenters. The molecule has 0 bridgehead atoms. The topological polar surface area (TPSA) is 3.24 Å². The Morgan fingerprint density at radius 2 is 1.10 bits per heavy atom. The second kappa shape index (κ2) is 15.3. The van der Waals surface area contributed by atoms with Gasteiger partial charge in [0.05, 0.1) is 27.7 Å². The molecule has 0 aliphatic heterocycles. The van der Waals surface area contributed by atoms with Gasteiger partial charge in [-0.25, -0.2) is 0 Å². The Labute approximate surface area is 145 Å². The van der Waals surface area contributed by atoms with Gasteiger partial charge >= 0.3 is 0 Å². The molecule has 0 saturated carbocycles. The standard InChI is InChI=1S/C18H41N2.BrH/c1-6-7-8-9-10-13-16-19(2)17-14-11-12-15-18-20(3,4)5;/h6-18H2,1-5H3;1H/q+1;/p-1. The highest BCUT2D eigenvalue weighted by Gasteiger charge is 2.05. The fourth-order valence-corrected chi connectivity index (χ4v) is 2.60. The van der Waals surface area contributed by atoms with Crippen molar-refractivity contribution < 1.29 is 21.5 Å². The molecular weight excluding hydrogens is 324 g/mol. The molecule has 0 atom stereocenters. The quantitative estimate of drug-likeness (QED) is 0.334. The van der Waals surface area contributed by atoms with Gasteiger partial charge in [0.2, 0.25) is 0 Å². The number of hydrogen-bond acceptors (Lipinski definition) is 1. The van der Waals surface area contributed by atoms with Crippen LogP contribution < -0.4 is 17.0 Å². The number of quaternary nitrogens is 1. The molecule has 0 aromatic carbocycles. The van der Waals surface area contributed by atoms with Gasteiger partial charge in [0, 0.05) is 0 Å². The van der Waals surface area contributed by atoms with E-state index in [1.807, 2.05) is 0 Å². The van der Waals surface area contributed by atoms with Gasteiger partial charge in [-0.3, -0.25) is 0 Å². The third-order valence-electron chi connectivity index (χ3n) is 4.01. The van der Waals surface area contributed by atoms with Crippen LogP contribution in [0.25, 0.3) is 0 Å². The van der Waals surface area contributed by atoms with E-state index in [1.165, 1.54) is 83.8 Å². The maximum absolute atomic E-state index is 2.53. The Balaban J connectivity index is 0. The summed E-state index contributed by atoms with van der Waals surface area (Å²) in [5.74, 6) is 0. The molecule has 21 heavy (non-hydrogen) atoms. The summed E-state index contributed by atoms with van der Waals surface area (Å²) >= 11 is 0. The normalized spacial score (nSPS) is 11.7. The van der Waals surface area contributed by atoms with Crippen molar-refractivity contribution in [2.45, 2.75) is 71.1 Å². The molecule has 0 aromatic heterocycles. The highest BCUT2D eigenvalue weighted by molar-refractivity contribution is 4.54. The van der Waals surface area contributed by atoms with Crippen molar-refractivity contribution in [1.82, 2.24) is 4.90 Å². The Hall–Kier alpha value is 0.400. The molecule has 130 valence electrons. The van der Waals surface area contributed by atoms with Crippen LogP contribution in [0, 0.1) is 0 Å². The highest BCUT2D eigenvalue weighted by Crippen LogP contribution is 2.07. The zero-order chi connectivity index (χ0) is 15.3. The van der Waals surface area contributed by atoms with Gasteiger partial charge in [-0.1, -0.05) is 45.4 Å². The number of hydrogen-bond donors (Lipinski definition) is 0. The van der Waals surface area contributed by atoms with Crippen LogP contribution in [-0.2, 0) is 0 Å². The molecule has 0 aromatic rings. The second-order valence-corrected chi connectivity index (χ2v) is 7.50. The summed E-state index contributed by atoms with van der Waals surface area (Å²) in [5, 5.41) is 0. The van der Waals surface area contributed by atoms with E-state index >= 15 is 0 Å². The van der Waals surface area contributed by atoms with Gasteiger partial charge in [0.1, 0.15) is 0 Å². The molecule has 0 aliphatic carbocycles. The Bertz CT molecular complexity index is 202. The summed E-state index contributed by atoms with van der Waals surface area (Å²) < 4.78 is 1.11. The Morgan fingerprint density at radius 1 is 0.667 bits per heavy atom. The van der Waals surface area contributed by atoms with E-state index < -0.39 is 0 Å². The van der Waals surface area contributed by atoms with E-state index in [0.717, 1.165) is 4.48 Å². The first-order valence-electron chi connectivity index (χ1n) is 8.94. The minimum Gasteiger partial charge on any atom is -1.00 e. The molecule has 0 saturated heterocycles. The molecule has 2 nitrogen and oxygen atoms in total. The largest absolute Gasteiger partial charge is 1.00 e. The maximum Gasteiger partial charge on any atom is 0.0780 e. The first-order valence-corrected chi connectivity index (χ1v) is 8.94. The van der Waals surface area contributed by atoms with Gasteiger partial charge in [-0.2, -0.15) is 0 Å². The van der Waals surface area contributed by atoms with Crippen molar-refractivity contribution in [3.63, 3.8) is 0 Å². The van der Waals surface area contributed by atoms with Gasteiger partial charge in [-0.15, -0.1) is 0 Å². The Morgan fingerprint density at radius 3 is 1.57 bits per heavy atom. The molecule has 0 aliphatic rings. The number of halogens is 1. The molecule has 0 heterocycles. The minimum absolute atomic E-state index is 0. The summed E-state index contributed by atoms with van der Waals surface area (Å²) in [7, 11) is 9.15. The predicted octanol–water partition coefficient (Wildman–Crippen LogP) is 1.55. The van der Waals surface area contributed by atoms with Crippen LogP contribution in [-0.4, -0.2) is 57.2 Å². The number of nitrogens with zero attached hydrogens (tertiary/aromatic N) is 2. The van der Waals surface area contributed by atoms with E-state index in [9.17, 15) is 0 Å². The van der Waals surface area contributed by atoms with Crippen LogP contribution in [0.2, 0.25) is 0 Å².